The fraction of sp³-hybridized carbons (Fsp3) is 0.526. The molecule has 0 bridgehead atoms. The van der Waals surface area contributed by atoms with E-state index in [0.29, 0.717) is 30.0 Å². The number of carbonyl (C=O) groups is 3. The maximum atomic E-state index is 13.6. The average Bonchev–Trinajstić information content (AvgIpc) is 3.12. The first-order valence-corrected chi connectivity index (χ1v) is 18.0. The zero-order valence-corrected chi connectivity index (χ0v) is 29.4. The van der Waals surface area contributed by atoms with E-state index in [1.807, 2.05) is 42.3 Å². The van der Waals surface area contributed by atoms with E-state index >= 15 is 0 Å². The lowest BCUT2D eigenvalue weighted by Gasteiger charge is -2.47. The van der Waals surface area contributed by atoms with Gasteiger partial charge in [-0.25, -0.2) is 4.68 Å². The Hall–Kier alpha value is -4.58. The highest BCUT2D eigenvalue weighted by Gasteiger charge is 2.39. The first-order valence-electron chi connectivity index (χ1n) is 18.0. The molecule has 264 valence electrons. The van der Waals surface area contributed by atoms with Crippen molar-refractivity contribution in [1.29, 1.82) is 0 Å². The summed E-state index contributed by atoms with van der Waals surface area (Å²) in [4.78, 5) is 61.0. The molecule has 3 aromatic rings. The lowest BCUT2D eigenvalue weighted by molar-refractivity contribution is -0.134. The minimum absolute atomic E-state index is 0.0873. The van der Waals surface area contributed by atoms with Crippen LogP contribution in [0.2, 0.25) is 0 Å². The largest absolute Gasteiger partial charge is 0.379 e. The van der Waals surface area contributed by atoms with Crippen LogP contribution in [0.1, 0.15) is 84.0 Å². The number of likely N-dealkylation sites (tertiary alicyclic amines) is 2. The van der Waals surface area contributed by atoms with Crippen LogP contribution >= 0.6 is 0 Å². The molecular weight excluding hydrogens is 632 g/mol. The molecule has 7 rings (SSSR count). The molecule has 50 heavy (non-hydrogen) atoms. The van der Waals surface area contributed by atoms with Crippen LogP contribution in [0.15, 0.2) is 53.6 Å². The lowest BCUT2D eigenvalue weighted by atomic mass is 9.71. The van der Waals surface area contributed by atoms with E-state index in [1.165, 1.54) is 10.2 Å². The number of aromatic nitrogens is 3. The van der Waals surface area contributed by atoms with Gasteiger partial charge in [-0.05, 0) is 93.7 Å². The summed E-state index contributed by atoms with van der Waals surface area (Å²) < 4.78 is 1.36. The van der Waals surface area contributed by atoms with Gasteiger partial charge in [0.1, 0.15) is 0 Å². The van der Waals surface area contributed by atoms with Crippen LogP contribution in [0.3, 0.4) is 0 Å². The van der Waals surface area contributed by atoms with Crippen molar-refractivity contribution in [1.82, 2.24) is 29.9 Å². The standard InChI is InChI=1S/C38H48N8O4/c1-25-33(22-40-44(3)36(25)49)41-29-20-28(23-43(2)24-29)26-4-6-27(7-5-26)37(50)46-18-14-38(15-19-46)12-16-45(17-13-38)30-8-10-32(39-21-30)31-9-11-34(47)42-35(31)48/h4-8,10,21-22,28-29,31,41H,9,11-20,23-24H2,1-3H3,(H,42,47,48). The van der Waals surface area contributed by atoms with Crippen molar-refractivity contribution < 1.29 is 14.4 Å². The number of aryl methyl sites for hydroxylation is 1. The van der Waals surface area contributed by atoms with Gasteiger partial charge >= 0.3 is 0 Å². The third-order valence-corrected chi connectivity index (χ3v) is 11.7. The third-order valence-electron chi connectivity index (χ3n) is 11.7. The van der Waals surface area contributed by atoms with Gasteiger partial charge < -0.3 is 20.0 Å². The number of nitrogens with zero attached hydrogens (tertiary/aromatic N) is 6. The first-order chi connectivity index (χ1) is 24.1. The number of hydrogen-bond donors (Lipinski definition) is 2. The Balaban J connectivity index is 0.901. The Bertz CT molecular complexity index is 1790. The highest BCUT2D eigenvalue weighted by molar-refractivity contribution is 6.00. The summed E-state index contributed by atoms with van der Waals surface area (Å²) in [5, 5.41) is 10.2. The minimum Gasteiger partial charge on any atom is -0.379 e. The van der Waals surface area contributed by atoms with Crippen molar-refractivity contribution in [3.63, 3.8) is 0 Å². The van der Waals surface area contributed by atoms with E-state index in [1.54, 1.807) is 13.2 Å². The summed E-state index contributed by atoms with van der Waals surface area (Å²) in [6, 6.07) is 12.4. The quantitative estimate of drug-likeness (QED) is 0.376. The number of likely N-dealkylation sites (N-methyl/N-ethyl adjacent to an activating group) is 1. The predicted molar refractivity (Wildman–Crippen MR) is 191 cm³/mol. The van der Waals surface area contributed by atoms with Gasteiger partial charge in [0.15, 0.2) is 0 Å². The lowest BCUT2D eigenvalue weighted by Crippen LogP contribution is -2.48. The molecule has 3 atom stereocenters. The zero-order valence-electron chi connectivity index (χ0n) is 29.4. The molecule has 4 aliphatic rings. The Kier molecular flexibility index (Phi) is 9.47. The number of hydrogen-bond acceptors (Lipinski definition) is 9. The number of piperidine rings is 4. The van der Waals surface area contributed by atoms with Gasteiger partial charge in [0.05, 0.1) is 35.4 Å². The maximum absolute atomic E-state index is 13.6. The molecule has 0 aliphatic carbocycles. The monoisotopic (exact) mass is 680 g/mol. The Morgan fingerprint density at radius 1 is 0.920 bits per heavy atom. The van der Waals surface area contributed by atoms with Crippen molar-refractivity contribution in [3.05, 3.63) is 81.5 Å². The Morgan fingerprint density at radius 3 is 2.32 bits per heavy atom. The SMILES string of the molecule is Cc1c(NC2CC(c3ccc(C(=O)N4CCC5(CC4)CCN(c4ccc(C6CCC(=O)NC6=O)nc4)CC5)cc3)CN(C)C2)cnn(C)c1=O. The van der Waals surface area contributed by atoms with Gasteiger partial charge in [-0.15, -0.1) is 0 Å². The summed E-state index contributed by atoms with van der Waals surface area (Å²) >= 11 is 0. The first kappa shape index (κ1) is 33.9. The zero-order chi connectivity index (χ0) is 35.0. The highest BCUT2D eigenvalue weighted by atomic mass is 16.2. The topological polar surface area (TPSA) is 133 Å². The molecule has 0 saturated carbocycles. The second kappa shape index (κ2) is 14.0. The van der Waals surface area contributed by atoms with E-state index in [0.717, 1.165) is 88.3 Å². The molecule has 3 amide bonds. The van der Waals surface area contributed by atoms with Crippen LogP contribution in [-0.2, 0) is 16.6 Å². The number of benzene rings is 1. The van der Waals surface area contributed by atoms with E-state index in [2.05, 4.69) is 49.7 Å². The van der Waals surface area contributed by atoms with Gasteiger partial charge in [-0.1, -0.05) is 12.1 Å². The third kappa shape index (κ3) is 7.03. The fourth-order valence-corrected chi connectivity index (χ4v) is 8.45. The minimum atomic E-state index is -0.367. The van der Waals surface area contributed by atoms with Crippen LogP contribution in [0.25, 0.3) is 0 Å². The Morgan fingerprint density at radius 2 is 1.64 bits per heavy atom. The molecule has 4 aliphatic heterocycles. The predicted octanol–water partition coefficient (Wildman–Crippen LogP) is 3.43. The molecule has 1 spiro atoms. The normalized spacial score (nSPS) is 24.3. The number of rotatable bonds is 6. The highest BCUT2D eigenvalue weighted by Crippen LogP contribution is 2.42. The van der Waals surface area contributed by atoms with Crippen LogP contribution in [0.4, 0.5) is 11.4 Å². The number of imide groups is 1. The number of anilines is 2. The summed E-state index contributed by atoms with van der Waals surface area (Å²) in [6.45, 7) is 7.11. The molecular formula is C38H48N8O4. The fourth-order valence-electron chi connectivity index (χ4n) is 8.45. The van der Waals surface area contributed by atoms with Crippen molar-refractivity contribution in [2.24, 2.45) is 12.5 Å². The molecule has 1 aromatic carbocycles. The van der Waals surface area contributed by atoms with Crippen molar-refractivity contribution in [2.75, 3.05) is 56.5 Å². The molecule has 0 radical (unpaired) electrons. The molecule has 12 nitrogen and oxygen atoms in total. The van der Waals surface area contributed by atoms with Crippen molar-refractivity contribution >= 4 is 29.1 Å². The smallest absolute Gasteiger partial charge is 0.271 e. The van der Waals surface area contributed by atoms with Gasteiger partial charge in [0.2, 0.25) is 11.8 Å². The van der Waals surface area contributed by atoms with Crippen molar-refractivity contribution in [3.8, 4) is 0 Å². The van der Waals surface area contributed by atoms with E-state index in [-0.39, 0.29) is 40.7 Å². The molecule has 4 saturated heterocycles. The van der Waals surface area contributed by atoms with Crippen LogP contribution in [0, 0.1) is 12.3 Å². The molecule has 6 heterocycles. The average molecular weight is 681 g/mol. The number of amides is 3. The van der Waals surface area contributed by atoms with E-state index in [9.17, 15) is 19.2 Å². The second-order valence-corrected chi connectivity index (χ2v) is 15.0. The molecule has 2 N–H and O–H groups in total. The van der Waals surface area contributed by atoms with Gasteiger partial charge in [0.25, 0.3) is 11.5 Å². The summed E-state index contributed by atoms with van der Waals surface area (Å²) in [6.07, 6.45) is 9.58. The molecule has 4 fully saturated rings. The van der Waals surface area contributed by atoms with Gasteiger partial charge in [0, 0.05) is 69.9 Å². The van der Waals surface area contributed by atoms with E-state index < -0.39 is 0 Å². The summed E-state index contributed by atoms with van der Waals surface area (Å²) in [7, 11) is 3.79. The molecule has 3 unspecified atom stereocenters. The van der Waals surface area contributed by atoms with E-state index in [4.69, 9.17) is 0 Å². The van der Waals surface area contributed by atoms with Crippen LogP contribution in [-0.4, -0.2) is 94.6 Å². The molecule has 2 aromatic heterocycles. The number of nitrogens with one attached hydrogen (secondary N) is 2. The van der Waals surface area contributed by atoms with Gasteiger partial charge in [-0.2, -0.15) is 5.10 Å². The maximum Gasteiger partial charge on any atom is 0.271 e. The van der Waals surface area contributed by atoms with Crippen molar-refractivity contribution in [2.45, 2.75) is 69.7 Å². The second-order valence-electron chi connectivity index (χ2n) is 15.0. The summed E-state index contributed by atoms with van der Waals surface area (Å²) in [5.41, 5.74) is 5.39. The van der Waals surface area contributed by atoms with Gasteiger partial charge in [-0.3, -0.25) is 29.5 Å². The van der Waals surface area contributed by atoms with Crippen LogP contribution in [0.5, 0.6) is 0 Å². The number of carbonyl (C=O) groups excluding carboxylic acids is 3. The number of pyridine rings is 1. The Labute approximate surface area is 293 Å². The summed E-state index contributed by atoms with van der Waals surface area (Å²) in [5.74, 6) is -0.412. The molecule has 12 heteroatoms. The van der Waals surface area contributed by atoms with Crippen LogP contribution < -0.4 is 21.1 Å².